The van der Waals surface area contributed by atoms with Crippen molar-refractivity contribution in [1.29, 1.82) is 0 Å². The van der Waals surface area contributed by atoms with Crippen molar-refractivity contribution < 1.29 is 9.45 Å². The molecule has 29 heavy (non-hydrogen) atoms. The van der Waals surface area contributed by atoms with Gasteiger partial charge in [0.1, 0.15) is 0 Å². The maximum atomic E-state index is 13.5. The van der Waals surface area contributed by atoms with Crippen LogP contribution in [0.1, 0.15) is 67.6 Å². The maximum Gasteiger partial charge on any atom is 0.330 e. The quantitative estimate of drug-likeness (QED) is 0.545. The topological polar surface area (TPSA) is 26.3 Å². The minimum atomic E-state index is -0.324. The summed E-state index contributed by atoms with van der Waals surface area (Å²) in [5, 5.41) is -0.0601. The van der Waals surface area contributed by atoms with E-state index in [1.54, 1.807) is 0 Å². The fourth-order valence-electron chi connectivity index (χ4n) is 4.45. The van der Waals surface area contributed by atoms with Crippen molar-refractivity contribution >= 4 is 28.0 Å². The van der Waals surface area contributed by atoms with Gasteiger partial charge >= 0.3 is 7.48 Å². The van der Waals surface area contributed by atoms with Crippen LogP contribution in [0.15, 0.2) is 42.5 Å². The SMILES string of the molecule is CC(C)(P)C(C)(C)O[B]c1ccc2c(c1)C(=O)C1(CCc3ccccc3CC1)C2. The highest BCUT2D eigenvalue weighted by atomic mass is 31.0. The minimum absolute atomic E-state index is 0.0601. The Morgan fingerprint density at radius 1 is 0.966 bits per heavy atom. The van der Waals surface area contributed by atoms with Crippen LogP contribution in [0.25, 0.3) is 0 Å². The number of Topliss-reactive ketones (excluding diaryl/α,β-unsaturated/α-hetero) is 1. The monoisotopic (exact) mass is 405 g/mol. The van der Waals surface area contributed by atoms with Crippen LogP contribution in [0, 0.1) is 5.41 Å². The van der Waals surface area contributed by atoms with Crippen molar-refractivity contribution in [2.24, 2.45) is 5.41 Å². The number of benzene rings is 2. The van der Waals surface area contributed by atoms with Crippen molar-refractivity contribution in [3.05, 3.63) is 64.7 Å². The Morgan fingerprint density at radius 3 is 2.17 bits per heavy atom. The lowest BCUT2D eigenvalue weighted by Gasteiger charge is -2.39. The van der Waals surface area contributed by atoms with Gasteiger partial charge in [0.15, 0.2) is 5.78 Å². The Labute approximate surface area is 178 Å². The van der Waals surface area contributed by atoms with E-state index in [0.717, 1.165) is 43.1 Å². The summed E-state index contributed by atoms with van der Waals surface area (Å²) in [4.78, 5) is 13.5. The second-order valence-corrected chi connectivity index (χ2v) is 11.4. The van der Waals surface area contributed by atoms with Gasteiger partial charge in [-0.15, -0.1) is 9.24 Å². The Balaban J connectivity index is 1.53. The van der Waals surface area contributed by atoms with Crippen LogP contribution < -0.4 is 5.46 Å². The summed E-state index contributed by atoms with van der Waals surface area (Å²) >= 11 is 0. The summed E-state index contributed by atoms with van der Waals surface area (Å²) in [6.07, 6.45) is 4.76. The van der Waals surface area contributed by atoms with Crippen LogP contribution in [0.4, 0.5) is 0 Å². The van der Waals surface area contributed by atoms with E-state index >= 15 is 0 Å². The first-order valence-electron chi connectivity index (χ1n) is 10.7. The molecule has 151 valence electrons. The standard InChI is InChI=1S/C25H31BO2P/c1-23(2,24(3,4)29)28-26-20-10-9-19-16-25(22(27)21(19)15-20)13-11-17-7-5-6-8-18(17)12-14-25/h5-10,15H,11-14,16,29H2,1-4H3. The molecule has 2 nitrogen and oxygen atoms in total. The molecule has 1 atom stereocenters. The molecular weight excluding hydrogens is 374 g/mol. The van der Waals surface area contributed by atoms with Crippen LogP contribution in [-0.2, 0) is 23.9 Å². The first-order chi connectivity index (χ1) is 13.6. The van der Waals surface area contributed by atoms with Gasteiger partial charge in [0.25, 0.3) is 0 Å². The van der Waals surface area contributed by atoms with Gasteiger partial charge in [-0.3, -0.25) is 4.79 Å². The molecule has 0 amide bonds. The molecular formula is C25H31BO2P. The lowest BCUT2D eigenvalue weighted by atomic mass is 9.76. The van der Waals surface area contributed by atoms with Crippen LogP contribution in [0.2, 0.25) is 0 Å². The van der Waals surface area contributed by atoms with Gasteiger partial charge in [0.2, 0.25) is 0 Å². The molecule has 4 heteroatoms. The Hall–Kier alpha value is -1.44. The van der Waals surface area contributed by atoms with Gasteiger partial charge in [-0.2, -0.15) is 0 Å². The lowest BCUT2D eigenvalue weighted by Crippen LogP contribution is -2.45. The predicted molar refractivity (Wildman–Crippen MR) is 124 cm³/mol. The van der Waals surface area contributed by atoms with E-state index < -0.39 is 0 Å². The molecule has 2 aliphatic carbocycles. The molecule has 0 saturated carbocycles. The molecule has 0 aromatic heterocycles. The smallest absolute Gasteiger partial charge is 0.330 e. The maximum absolute atomic E-state index is 13.5. The van der Waals surface area contributed by atoms with Gasteiger partial charge in [0.05, 0.1) is 5.60 Å². The summed E-state index contributed by atoms with van der Waals surface area (Å²) in [6.45, 7) is 8.47. The molecule has 2 aromatic rings. The number of hydrogen-bond donors (Lipinski definition) is 0. The van der Waals surface area contributed by atoms with Crippen molar-refractivity contribution in [3.63, 3.8) is 0 Å². The summed E-state index contributed by atoms with van der Waals surface area (Å²) in [7, 11) is 4.67. The van der Waals surface area contributed by atoms with E-state index in [-0.39, 0.29) is 16.2 Å². The first kappa shape index (κ1) is 20.8. The molecule has 4 rings (SSSR count). The van der Waals surface area contributed by atoms with E-state index in [1.165, 1.54) is 16.7 Å². The van der Waals surface area contributed by atoms with Crippen molar-refractivity contribution in [1.82, 2.24) is 0 Å². The second kappa shape index (κ2) is 7.36. The molecule has 0 aliphatic heterocycles. The van der Waals surface area contributed by atoms with Crippen molar-refractivity contribution in [3.8, 4) is 0 Å². The first-order valence-corrected chi connectivity index (χ1v) is 11.2. The van der Waals surface area contributed by atoms with Gasteiger partial charge in [0, 0.05) is 16.1 Å². The summed E-state index contributed by atoms with van der Waals surface area (Å²) in [5.41, 5.74) is 5.33. The lowest BCUT2D eigenvalue weighted by molar-refractivity contribution is 0.0794. The highest BCUT2D eigenvalue weighted by molar-refractivity contribution is 7.19. The number of hydrogen-bond acceptors (Lipinski definition) is 2. The third-order valence-corrected chi connectivity index (χ3v) is 7.99. The number of aryl methyl sites for hydroxylation is 2. The zero-order valence-electron chi connectivity index (χ0n) is 18.0. The summed E-state index contributed by atoms with van der Waals surface area (Å²) < 4.78 is 6.12. The summed E-state index contributed by atoms with van der Waals surface area (Å²) in [6, 6.07) is 14.9. The number of carbonyl (C=O) groups is 1. The highest BCUT2D eigenvalue weighted by Crippen LogP contribution is 2.45. The molecule has 0 saturated heterocycles. The third-order valence-electron chi connectivity index (χ3n) is 7.29. The van der Waals surface area contributed by atoms with Crippen LogP contribution in [-0.4, -0.2) is 24.0 Å². The Bertz CT molecular complexity index is 915. The number of ketones is 1. The molecule has 0 N–H and O–H groups in total. The summed E-state index contributed by atoms with van der Waals surface area (Å²) in [5.74, 6) is 0.334. The molecule has 1 unspecified atom stereocenters. The largest absolute Gasteiger partial charge is 0.429 e. The van der Waals surface area contributed by atoms with Crippen molar-refractivity contribution in [2.45, 2.75) is 70.6 Å². The molecule has 0 bridgehead atoms. The molecule has 0 heterocycles. The van der Waals surface area contributed by atoms with Gasteiger partial charge in [-0.05, 0) is 62.6 Å². The van der Waals surface area contributed by atoms with E-state index in [0.29, 0.717) is 5.78 Å². The van der Waals surface area contributed by atoms with Crippen molar-refractivity contribution in [2.75, 3.05) is 0 Å². The Kier molecular flexibility index (Phi) is 5.29. The second-order valence-electron chi connectivity index (χ2n) is 9.94. The van der Waals surface area contributed by atoms with E-state index in [4.69, 9.17) is 4.65 Å². The minimum Gasteiger partial charge on any atom is -0.429 e. The van der Waals surface area contributed by atoms with E-state index in [9.17, 15) is 4.79 Å². The van der Waals surface area contributed by atoms with Crippen LogP contribution in [0.5, 0.6) is 0 Å². The van der Waals surface area contributed by atoms with E-state index in [2.05, 4.69) is 73.3 Å². The zero-order valence-corrected chi connectivity index (χ0v) is 19.2. The zero-order chi connectivity index (χ0) is 20.9. The number of carbonyl (C=O) groups excluding carboxylic acids is 1. The average Bonchev–Trinajstić information content (AvgIpc) is 2.82. The predicted octanol–water partition coefficient (Wildman–Crippen LogP) is 4.68. The van der Waals surface area contributed by atoms with Gasteiger partial charge in [-0.1, -0.05) is 61.8 Å². The Morgan fingerprint density at radius 2 is 1.59 bits per heavy atom. The van der Waals surface area contributed by atoms with Crippen LogP contribution in [0.3, 0.4) is 0 Å². The number of fused-ring (bicyclic) bond motifs is 2. The molecule has 0 fully saturated rings. The van der Waals surface area contributed by atoms with E-state index in [1.807, 2.05) is 13.5 Å². The number of rotatable bonds is 4. The fraction of sp³-hybridized carbons (Fsp3) is 0.480. The molecule has 2 aromatic carbocycles. The highest BCUT2D eigenvalue weighted by Gasteiger charge is 2.45. The molecule has 1 spiro atoms. The average molecular weight is 405 g/mol. The van der Waals surface area contributed by atoms with Crippen LogP contribution >= 0.6 is 9.24 Å². The normalized spacial score (nSPS) is 18.3. The van der Waals surface area contributed by atoms with Gasteiger partial charge in [-0.25, -0.2) is 0 Å². The third kappa shape index (κ3) is 3.85. The van der Waals surface area contributed by atoms with Gasteiger partial charge < -0.3 is 4.65 Å². The molecule has 2 aliphatic rings. The fourth-order valence-corrected chi connectivity index (χ4v) is 4.52. The molecule has 1 radical (unpaired) electrons.